The van der Waals surface area contributed by atoms with Crippen molar-refractivity contribution >= 4 is 67.9 Å². The summed E-state index contributed by atoms with van der Waals surface area (Å²) in [6, 6.07) is 44.0. The standard InChI is InChI=1S/C50H47BN4/c1-47-27-15-17-29-49(47,3)54-39-26-14-12-24-37(39)51-40-43(54)35(47)31-36-44(40)55(50(4)30-18-16-28-48(36,50)2)46-41(51)45-42(53(46)33-21-9-6-10-22-33)34-23-11-13-25-38(34)52(45)32-19-7-5-8-20-32/h5-14,19-26,31H,15-18,27-30H2,1-4H3. The number of nitrogens with zero attached hydrogens (tertiary/aromatic N) is 4. The van der Waals surface area contributed by atoms with Crippen LogP contribution in [0, 0.1) is 0 Å². The van der Waals surface area contributed by atoms with Crippen molar-refractivity contribution in [3.8, 4) is 11.4 Å². The second-order valence-corrected chi connectivity index (χ2v) is 18.7. The highest BCUT2D eigenvalue weighted by molar-refractivity contribution is 7.01. The lowest BCUT2D eigenvalue weighted by Crippen LogP contribution is -2.66. The minimum atomic E-state index is -0.0762. The SMILES string of the molecule is CC12CCCCC1(C)N1c3ccccc3B3c4c1c2cc1c4N(c2c3c3c(c4ccccc4n3-c3ccccc3)n2-c2ccccc2)C2(C)CCCCC12C. The van der Waals surface area contributed by atoms with Crippen LogP contribution in [-0.4, -0.2) is 26.9 Å². The van der Waals surface area contributed by atoms with Crippen LogP contribution < -0.4 is 26.2 Å². The minimum absolute atomic E-state index is 0.0202. The van der Waals surface area contributed by atoms with Gasteiger partial charge in [-0.15, -0.1) is 0 Å². The Morgan fingerprint density at radius 3 is 1.75 bits per heavy atom. The summed E-state index contributed by atoms with van der Waals surface area (Å²) >= 11 is 0. The summed E-state index contributed by atoms with van der Waals surface area (Å²) in [6.07, 6.45) is 10.0. The molecule has 0 N–H and O–H groups in total. The van der Waals surface area contributed by atoms with Gasteiger partial charge in [-0.2, -0.15) is 0 Å². The van der Waals surface area contributed by atoms with Gasteiger partial charge in [0.25, 0.3) is 6.71 Å². The van der Waals surface area contributed by atoms with Crippen LogP contribution in [0.5, 0.6) is 0 Å². The Morgan fingerprint density at radius 1 is 0.509 bits per heavy atom. The number of hydrogen-bond acceptors (Lipinski definition) is 2. The molecule has 0 saturated heterocycles. The number of rotatable bonds is 2. The van der Waals surface area contributed by atoms with Crippen LogP contribution in [-0.2, 0) is 10.8 Å². The first-order chi connectivity index (χ1) is 26.8. The molecule has 5 aromatic carbocycles. The van der Waals surface area contributed by atoms with E-state index in [0.717, 1.165) is 0 Å². The fourth-order valence-corrected chi connectivity index (χ4v) is 13.6. The first kappa shape index (κ1) is 31.1. The topological polar surface area (TPSA) is 16.3 Å². The van der Waals surface area contributed by atoms with Crippen LogP contribution >= 0.6 is 0 Å². The van der Waals surface area contributed by atoms with E-state index in [1.54, 1.807) is 22.3 Å². The highest BCUT2D eigenvalue weighted by Gasteiger charge is 2.67. The number of para-hydroxylation sites is 4. The Balaban J connectivity index is 1.29. The normalized spacial score (nSPS) is 28.0. The van der Waals surface area contributed by atoms with Crippen LogP contribution in [0.2, 0.25) is 0 Å². The third kappa shape index (κ3) is 3.28. The molecule has 2 saturated carbocycles. The molecule has 4 atom stereocenters. The molecule has 4 nitrogen and oxygen atoms in total. The Labute approximate surface area is 324 Å². The molecule has 13 rings (SSSR count). The van der Waals surface area contributed by atoms with Crippen molar-refractivity contribution in [1.82, 2.24) is 9.13 Å². The van der Waals surface area contributed by atoms with Gasteiger partial charge in [-0.1, -0.05) is 118 Å². The first-order valence-corrected chi connectivity index (χ1v) is 21.0. The van der Waals surface area contributed by atoms with Crippen LogP contribution in [0.1, 0.15) is 90.2 Å². The molecule has 0 bridgehead atoms. The van der Waals surface area contributed by atoms with Crippen LogP contribution in [0.25, 0.3) is 33.3 Å². The van der Waals surface area contributed by atoms with E-state index in [1.807, 2.05) is 0 Å². The summed E-state index contributed by atoms with van der Waals surface area (Å²) in [7, 11) is 0. The van der Waals surface area contributed by atoms with E-state index in [4.69, 9.17) is 0 Å². The van der Waals surface area contributed by atoms with Crippen molar-refractivity contribution in [2.45, 2.75) is 101 Å². The lowest BCUT2D eigenvalue weighted by atomic mass is 9.33. The van der Waals surface area contributed by atoms with Gasteiger partial charge in [-0.25, -0.2) is 0 Å². The number of hydrogen-bond donors (Lipinski definition) is 0. The third-order valence-electron chi connectivity index (χ3n) is 16.6. The van der Waals surface area contributed by atoms with Crippen molar-refractivity contribution < 1.29 is 0 Å². The Bertz CT molecular complexity index is 2820. The monoisotopic (exact) mass is 714 g/mol. The molecule has 270 valence electrons. The Morgan fingerprint density at radius 2 is 1.05 bits per heavy atom. The van der Waals surface area contributed by atoms with Crippen molar-refractivity contribution in [2.75, 3.05) is 9.80 Å². The van der Waals surface area contributed by atoms with Gasteiger partial charge in [-0.3, -0.25) is 4.57 Å². The van der Waals surface area contributed by atoms with E-state index in [-0.39, 0.29) is 28.6 Å². The zero-order valence-electron chi connectivity index (χ0n) is 32.5. The van der Waals surface area contributed by atoms with Gasteiger partial charge in [0, 0.05) is 44.7 Å². The molecule has 0 radical (unpaired) electrons. The average molecular weight is 715 g/mol. The smallest absolute Gasteiger partial charge is 0.257 e. The molecule has 0 amide bonds. The molecule has 6 aliphatic rings. The van der Waals surface area contributed by atoms with E-state index < -0.39 is 0 Å². The number of aromatic nitrogens is 2. The van der Waals surface area contributed by atoms with E-state index in [1.165, 1.54) is 113 Å². The van der Waals surface area contributed by atoms with Crippen molar-refractivity contribution in [2.24, 2.45) is 0 Å². The molecule has 2 aliphatic carbocycles. The number of benzene rings is 5. The summed E-state index contributed by atoms with van der Waals surface area (Å²) in [5, 5.41) is 1.31. The van der Waals surface area contributed by atoms with E-state index >= 15 is 0 Å². The zero-order chi connectivity index (χ0) is 36.6. The molecule has 5 heteroatoms. The number of anilines is 4. The highest BCUT2D eigenvalue weighted by atomic mass is 15.3. The molecule has 0 spiro atoms. The minimum Gasteiger partial charge on any atom is -0.335 e. The molecule has 4 aliphatic heterocycles. The molecule has 2 aromatic heterocycles. The van der Waals surface area contributed by atoms with Crippen LogP contribution in [0.4, 0.5) is 22.9 Å². The second-order valence-electron chi connectivity index (χ2n) is 18.7. The molecule has 2 fully saturated rings. The van der Waals surface area contributed by atoms with Gasteiger partial charge in [0.15, 0.2) is 0 Å². The maximum absolute atomic E-state index is 2.96. The van der Waals surface area contributed by atoms with E-state index in [0.29, 0.717) is 0 Å². The molecular formula is C50H47BN4. The predicted octanol–water partition coefficient (Wildman–Crippen LogP) is 10.2. The Kier molecular flexibility index (Phi) is 5.64. The van der Waals surface area contributed by atoms with E-state index in [9.17, 15) is 0 Å². The lowest BCUT2D eigenvalue weighted by Gasteiger charge is -2.53. The molecular weight excluding hydrogens is 667 g/mol. The fourth-order valence-electron chi connectivity index (χ4n) is 13.6. The largest absolute Gasteiger partial charge is 0.335 e. The molecule has 4 unspecified atom stereocenters. The van der Waals surface area contributed by atoms with Gasteiger partial charge in [0.05, 0.1) is 27.6 Å². The van der Waals surface area contributed by atoms with Gasteiger partial charge < -0.3 is 14.4 Å². The van der Waals surface area contributed by atoms with Gasteiger partial charge >= 0.3 is 0 Å². The van der Waals surface area contributed by atoms with Gasteiger partial charge in [0.2, 0.25) is 0 Å². The highest BCUT2D eigenvalue weighted by Crippen LogP contribution is 2.68. The summed E-state index contributed by atoms with van der Waals surface area (Å²) in [5.41, 5.74) is 18.7. The maximum Gasteiger partial charge on any atom is 0.257 e. The quantitative estimate of drug-likeness (QED) is 0.166. The summed E-state index contributed by atoms with van der Waals surface area (Å²) in [6.45, 7) is 10.7. The van der Waals surface area contributed by atoms with E-state index in [2.05, 4.69) is 162 Å². The summed E-state index contributed by atoms with van der Waals surface area (Å²) in [4.78, 5) is 5.86. The van der Waals surface area contributed by atoms with Crippen molar-refractivity contribution in [3.63, 3.8) is 0 Å². The lowest BCUT2D eigenvalue weighted by molar-refractivity contribution is 0.189. The summed E-state index contributed by atoms with van der Waals surface area (Å²) in [5.74, 6) is 1.38. The van der Waals surface area contributed by atoms with Gasteiger partial charge in [-0.05, 0) is 103 Å². The zero-order valence-corrected chi connectivity index (χ0v) is 32.5. The predicted molar refractivity (Wildman–Crippen MR) is 230 cm³/mol. The van der Waals surface area contributed by atoms with Crippen molar-refractivity contribution in [3.05, 3.63) is 126 Å². The van der Waals surface area contributed by atoms with Crippen molar-refractivity contribution in [1.29, 1.82) is 0 Å². The number of fused-ring (bicyclic) bond motifs is 16. The molecule has 7 aromatic rings. The van der Waals surface area contributed by atoms with Crippen LogP contribution in [0.15, 0.2) is 115 Å². The average Bonchev–Trinajstić information content (AvgIpc) is 3.86. The molecule has 55 heavy (non-hydrogen) atoms. The van der Waals surface area contributed by atoms with Gasteiger partial charge in [0.1, 0.15) is 5.82 Å². The summed E-state index contributed by atoms with van der Waals surface area (Å²) < 4.78 is 5.32. The Hall–Kier alpha value is -5.16. The fraction of sp³-hybridized carbons (Fsp3) is 0.320. The third-order valence-corrected chi connectivity index (χ3v) is 16.6. The second kappa shape index (κ2) is 9.98. The molecule has 6 heterocycles. The first-order valence-electron chi connectivity index (χ1n) is 21.0. The maximum atomic E-state index is 2.96. The van der Waals surface area contributed by atoms with Crippen LogP contribution in [0.3, 0.4) is 0 Å².